The Bertz CT molecular complexity index is 1710. The number of carboxylic acid groups (broad SMARTS) is 1. The molecule has 0 unspecified atom stereocenters. The number of aliphatic hydroxyl groups excluding tert-OH is 1. The average molecular weight is 633 g/mol. The van der Waals surface area contributed by atoms with E-state index in [0.717, 1.165) is 49.9 Å². The zero-order valence-corrected chi connectivity index (χ0v) is 26.9. The van der Waals surface area contributed by atoms with Crippen molar-refractivity contribution in [3.8, 4) is 0 Å². The van der Waals surface area contributed by atoms with Crippen molar-refractivity contribution >= 4 is 32.6 Å². The molecule has 3 aromatic carbocycles. The van der Waals surface area contributed by atoms with Gasteiger partial charge in [-0.3, -0.25) is 4.72 Å². The number of carboxylic acids is 1. The van der Waals surface area contributed by atoms with Crippen molar-refractivity contribution in [2.24, 2.45) is 0 Å². The molecule has 0 saturated carbocycles. The third-order valence-electron chi connectivity index (χ3n) is 8.68. The number of rotatable bonds is 14. The molecule has 1 aliphatic heterocycles. The molecule has 4 aromatic rings. The molecule has 0 radical (unpaired) electrons. The van der Waals surface area contributed by atoms with E-state index in [0.29, 0.717) is 11.3 Å². The number of likely N-dealkylation sites (tertiary alicyclic amines) is 1. The second-order valence-corrected chi connectivity index (χ2v) is 14.3. The molecule has 1 aliphatic rings. The van der Waals surface area contributed by atoms with E-state index in [1.807, 2.05) is 6.07 Å². The molecule has 4 N–H and O–H groups in total. The maximum Gasteiger partial charge on any atom is 0.335 e. The standard InChI is InChI=1S/C35H44N4O5S/c1-35(2,36-25-33(40)26-10-9-11-29(23-26)37-45(43,44)31-12-5-3-6-13-31)17-21-39-30(16-20-38-18-7-4-8-19-38)24-28-22-27(34(41)42)14-15-32(28)39/h3,5-6,9-15,22-24,33,36-37,40H,4,7-8,16-21,25H2,1-2H3,(H,41,42)/t33-/m0/s1. The molecule has 1 saturated heterocycles. The van der Waals surface area contributed by atoms with Gasteiger partial charge in [-0.25, -0.2) is 13.2 Å². The van der Waals surface area contributed by atoms with Gasteiger partial charge in [-0.15, -0.1) is 0 Å². The van der Waals surface area contributed by atoms with Crippen molar-refractivity contribution in [2.45, 2.75) is 69.0 Å². The summed E-state index contributed by atoms with van der Waals surface area (Å²) in [5.41, 5.74) is 3.18. The fourth-order valence-corrected chi connectivity index (χ4v) is 7.05. The Morgan fingerprint density at radius 3 is 2.42 bits per heavy atom. The van der Waals surface area contributed by atoms with E-state index in [1.54, 1.807) is 54.6 Å². The highest BCUT2D eigenvalue weighted by atomic mass is 32.2. The number of aliphatic hydroxyl groups is 1. The zero-order chi connectivity index (χ0) is 32.0. The number of nitrogens with zero attached hydrogens (tertiary/aromatic N) is 2. The number of sulfonamides is 1. The van der Waals surface area contributed by atoms with Gasteiger partial charge >= 0.3 is 5.97 Å². The molecular formula is C35H44N4O5S. The van der Waals surface area contributed by atoms with Crippen LogP contribution in [0.15, 0.2) is 83.8 Å². The van der Waals surface area contributed by atoms with E-state index < -0.39 is 22.1 Å². The van der Waals surface area contributed by atoms with E-state index in [2.05, 4.69) is 39.4 Å². The molecular weight excluding hydrogens is 588 g/mol. The van der Waals surface area contributed by atoms with Gasteiger partial charge in [-0.05, 0) is 100 Å². The summed E-state index contributed by atoms with van der Waals surface area (Å²) in [5.74, 6) is -0.928. The predicted octanol–water partition coefficient (Wildman–Crippen LogP) is 5.66. The second kappa shape index (κ2) is 14.2. The number of piperidine rings is 1. The zero-order valence-electron chi connectivity index (χ0n) is 26.1. The lowest BCUT2D eigenvalue weighted by Crippen LogP contribution is -2.42. The van der Waals surface area contributed by atoms with Crippen LogP contribution in [0.4, 0.5) is 5.69 Å². The smallest absolute Gasteiger partial charge is 0.335 e. The van der Waals surface area contributed by atoms with Crippen molar-refractivity contribution in [1.82, 2.24) is 14.8 Å². The first-order chi connectivity index (χ1) is 21.5. The first kappa shape index (κ1) is 32.7. The lowest BCUT2D eigenvalue weighted by molar-refractivity contribution is 0.0697. The van der Waals surface area contributed by atoms with Crippen LogP contribution in [0.5, 0.6) is 0 Å². The summed E-state index contributed by atoms with van der Waals surface area (Å²) in [4.78, 5) is 14.3. The molecule has 2 heterocycles. The maximum absolute atomic E-state index is 12.8. The molecule has 0 spiro atoms. The number of hydrogen-bond donors (Lipinski definition) is 4. The molecule has 0 aliphatic carbocycles. The Morgan fingerprint density at radius 2 is 1.69 bits per heavy atom. The minimum absolute atomic E-state index is 0.173. The number of β-amino-alcohol motifs (C(OH)–C–C–N with tert-alkyl or cyclic N) is 1. The number of anilines is 1. The molecule has 0 amide bonds. The van der Waals surface area contributed by atoms with Gasteiger partial charge in [-0.1, -0.05) is 36.8 Å². The first-order valence-electron chi connectivity index (χ1n) is 15.7. The van der Waals surface area contributed by atoms with Gasteiger partial charge in [0.1, 0.15) is 0 Å². The summed E-state index contributed by atoms with van der Waals surface area (Å²) in [7, 11) is -3.74. The Morgan fingerprint density at radius 1 is 0.933 bits per heavy atom. The van der Waals surface area contributed by atoms with Crippen molar-refractivity contribution in [2.75, 3.05) is 30.9 Å². The Labute approximate surface area is 265 Å². The van der Waals surface area contributed by atoms with Gasteiger partial charge in [-0.2, -0.15) is 0 Å². The van der Waals surface area contributed by atoms with Crippen LogP contribution >= 0.6 is 0 Å². The molecule has 1 atom stereocenters. The van der Waals surface area contributed by atoms with Crippen LogP contribution in [-0.2, 0) is 23.0 Å². The highest BCUT2D eigenvalue weighted by molar-refractivity contribution is 7.92. The number of aryl methyl sites for hydroxylation is 1. The van der Waals surface area contributed by atoms with Crippen LogP contribution in [0.1, 0.15) is 67.3 Å². The van der Waals surface area contributed by atoms with Crippen molar-refractivity contribution in [1.29, 1.82) is 0 Å². The summed E-state index contributed by atoms with van der Waals surface area (Å²) in [5, 5.41) is 25.0. The summed E-state index contributed by atoms with van der Waals surface area (Å²) in [6.07, 6.45) is 4.61. The second-order valence-electron chi connectivity index (χ2n) is 12.6. The van der Waals surface area contributed by atoms with Crippen molar-refractivity contribution in [3.63, 3.8) is 0 Å². The highest BCUT2D eigenvalue weighted by Gasteiger charge is 2.22. The van der Waals surface area contributed by atoms with Gasteiger partial charge in [0.25, 0.3) is 10.0 Å². The van der Waals surface area contributed by atoms with E-state index in [-0.39, 0.29) is 22.5 Å². The van der Waals surface area contributed by atoms with Crippen LogP contribution in [0.25, 0.3) is 10.9 Å². The number of carbonyl (C=O) groups is 1. The van der Waals surface area contributed by atoms with Gasteiger partial charge in [0, 0.05) is 53.9 Å². The van der Waals surface area contributed by atoms with E-state index >= 15 is 0 Å². The molecule has 10 heteroatoms. The molecule has 240 valence electrons. The Kier molecular flexibility index (Phi) is 10.3. The number of nitrogens with one attached hydrogen (secondary N) is 2. The largest absolute Gasteiger partial charge is 0.478 e. The fraction of sp³-hybridized carbons (Fsp3) is 0.400. The van der Waals surface area contributed by atoms with Crippen LogP contribution in [0.3, 0.4) is 0 Å². The van der Waals surface area contributed by atoms with Crippen LogP contribution < -0.4 is 10.0 Å². The SMILES string of the molecule is CC(C)(CCn1c(CCN2CCCCC2)cc2cc(C(=O)O)ccc21)NC[C@H](O)c1cccc(NS(=O)(=O)c2ccccc2)c1. The summed E-state index contributed by atoms with van der Waals surface area (Å²) in [6, 6.07) is 22.5. The third-order valence-corrected chi connectivity index (χ3v) is 10.1. The van der Waals surface area contributed by atoms with Crippen LogP contribution in [-0.4, -0.2) is 65.8 Å². The number of fused-ring (bicyclic) bond motifs is 1. The summed E-state index contributed by atoms with van der Waals surface area (Å²) < 4.78 is 30.4. The van der Waals surface area contributed by atoms with Crippen molar-refractivity contribution in [3.05, 3.63) is 95.7 Å². The summed E-state index contributed by atoms with van der Waals surface area (Å²) >= 11 is 0. The first-order valence-corrected chi connectivity index (χ1v) is 17.2. The molecule has 5 rings (SSSR count). The maximum atomic E-state index is 12.8. The predicted molar refractivity (Wildman–Crippen MR) is 178 cm³/mol. The van der Waals surface area contributed by atoms with E-state index in [9.17, 15) is 23.4 Å². The van der Waals surface area contributed by atoms with Gasteiger partial charge < -0.3 is 25.0 Å². The minimum atomic E-state index is -3.74. The number of aromatic nitrogens is 1. The molecule has 1 fully saturated rings. The monoisotopic (exact) mass is 632 g/mol. The summed E-state index contributed by atoms with van der Waals surface area (Å²) in [6.45, 7) is 8.47. The number of benzene rings is 3. The molecule has 45 heavy (non-hydrogen) atoms. The topological polar surface area (TPSA) is 124 Å². The van der Waals surface area contributed by atoms with Gasteiger partial charge in [0.2, 0.25) is 0 Å². The number of hydrogen-bond acceptors (Lipinski definition) is 6. The normalized spacial score (nSPS) is 15.3. The van der Waals surface area contributed by atoms with Gasteiger partial charge in [0.15, 0.2) is 0 Å². The van der Waals surface area contributed by atoms with E-state index in [1.165, 1.54) is 37.1 Å². The number of aromatic carboxylic acids is 1. The van der Waals surface area contributed by atoms with Gasteiger partial charge in [0.05, 0.1) is 16.6 Å². The van der Waals surface area contributed by atoms with Crippen LogP contribution in [0.2, 0.25) is 0 Å². The third kappa shape index (κ3) is 8.52. The lowest BCUT2D eigenvalue weighted by atomic mass is 9.99. The van der Waals surface area contributed by atoms with Crippen molar-refractivity contribution < 1.29 is 23.4 Å². The molecule has 9 nitrogen and oxygen atoms in total. The molecule has 1 aromatic heterocycles. The minimum Gasteiger partial charge on any atom is -0.478 e. The highest BCUT2D eigenvalue weighted by Crippen LogP contribution is 2.26. The lowest BCUT2D eigenvalue weighted by Gasteiger charge is -2.29. The Balaban J connectivity index is 1.23. The fourth-order valence-electron chi connectivity index (χ4n) is 5.98. The Hall–Kier alpha value is -3.70. The molecule has 0 bridgehead atoms. The van der Waals surface area contributed by atoms with E-state index in [4.69, 9.17) is 0 Å². The quantitative estimate of drug-likeness (QED) is 0.141. The average Bonchev–Trinajstić information content (AvgIpc) is 3.39. The van der Waals surface area contributed by atoms with Crippen LogP contribution in [0, 0.1) is 0 Å².